The molecule has 0 saturated carbocycles. The lowest BCUT2D eigenvalue weighted by atomic mass is 10.0. The molecule has 15 heavy (non-hydrogen) atoms. The van der Waals surface area contributed by atoms with Crippen molar-refractivity contribution in [2.24, 2.45) is 0 Å². The number of carbonyl (C=O) groups is 1. The van der Waals surface area contributed by atoms with E-state index in [1.807, 2.05) is 37.3 Å². The van der Waals surface area contributed by atoms with E-state index in [-0.39, 0.29) is 11.9 Å². The summed E-state index contributed by atoms with van der Waals surface area (Å²) in [4.78, 5) is 12.7. The van der Waals surface area contributed by atoms with Crippen LogP contribution in [-0.4, -0.2) is 29.0 Å². The van der Waals surface area contributed by atoms with Gasteiger partial charge in [-0.1, -0.05) is 30.3 Å². The molecule has 0 aliphatic rings. The maximum absolute atomic E-state index is 11.1. The molecule has 1 rings (SSSR count). The van der Waals surface area contributed by atoms with E-state index in [4.69, 9.17) is 0 Å². The van der Waals surface area contributed by atoms with Crippen LogP contribution in [0.1, 0.15) is 25.5 Å². The Bertz CT molecular complexity index is 324. The molecule has 0 spiro atoms. The zero-order valence-electron chi connectivity index (χ0n) is 9.34. The van der Waals surface area contributed by atoms with Gasteiger partial charge in [0.2, 0.25) is 5.91 Å². The van der Waals surface area contributed by atoms with Gasteiger partial charge < -0.3 is 10.0 Å². The fourth-order valence-electron chi connectivity index (χ4n) is 1.43. The summed E-state index contributed by atoms with van der Waals surface area (Å²) >= 11 is 0. The smallest absolute Gasteiger partial charge is 0.219 e. The monoisotopic (exact) mass is 207 g/mol. The molecule has 0 radical (unpaired) electrons. The van der Waals surface area contributed by atoms with Gasteiger partial charge in [-0.3, -0.25) is 4.79 Å². The van der Waals surface area contributed by atoms with E-state index in [0.717, 1.165) is 5.56 Å². The summed E-state index contributed by atoms with van der Waals surface area (Å²) in [5.41, 5.74) is 0.832. The van der Waals surface area contributed by atoms with Crippen molar-refractivity contribution in [1.82, 2.24) is 4.90 Å². The van der Waals surface area contributed by atoms with Gasteiger partial charge in [0.05, 0.1) is 12.1 Å². The fourth-order valence-corrected chi connectivity index (χ4v) is 1.43. The minimum Gasteiger partial charge on any atom is -0.386 e. The Morgan fingerprint density at radius 3 is 2.33 bits per heavy atom. The third-order valence-corrected chi connectivity index (χ3v) is 2.71. The lowest BCUT2D eigenvalue weighted by molar-refractivity contribution is -0.131. The minimum atomic E-state index is -0.639. The summed E-state index contributed by atoms with van der Waals surface area (Å²) in [7, 11) is 1.69. The number of aliphatic hydroxyl groups is 1. The molecule has 3 heteroatoms. The van der Waals surface area contributed by atoms with E-state index in [1.165, 1.54) is 11.8 Å². The topological polar surface area (TPSA) is 40.5 Å². The highest BCUT2D eigenvalue weighted by atomic mass is 16.3. The summed E-state index contributed by atoms with van der Waals surface area (Å²) in [6, 6.07) is 9.14. The summed E-state index contributed by atoms with van der Waals surface area (Å²) < 4.78 is 0. The van der Waals surface area contributed by atoms with Crippen LogP contribution in [0.15, 0.2) is 30.3 Å². The van der Waals surface area contributed by atoms with Gasteiger partial charge in [-0.15, -0.1) is 0 Å². The molecule has 0 aliphatic heterocycles. The first-order chi connectivity index (χ1) is 7.04. The Hall–Kier alpha value is -1.35. The number of nitrogens with zero attached hydrogens (tertiary/aromatic N) is 1. The molecule has 1 aromatic carbocycles. The second-order valence-electron chi connectivity index (χ2n) is 3.73. The highest BCUT2D eigenvalue weighted by Gasteiger charge is 2.21. The molecular formula is C12H17NO2. The van der Waals surface area contributed by atoms with Gasteiger partial charge in [0.25, 0.3) is 0 Å². The maximum atomic E-state index is 11.1. The third kappa shape index (κ3) is 2.80. The number of rotatable bonds is 3. The van der Waals surface area contributed by atoms with Gasteiger partial charge in [-0.2, -0.15) is 0 Å². The third-order valence-electron chi connectivity index (χ3n) is 2.71. The molecule has 0 fully saturated rings. The van der Waals surface area contributed by atoms with Crippen LogP contribution in [-0.2, 0) is 4.79 Å². The van der Waals surface area contributed by atoms with Crippen LogP contribution < -0.4 is 0 Å². The number of amides is 1. The first kappa shape index (κ1) is 11.7. The predicted molar refractivity (Wildman–Crippen MR) is 59.3 cm³/mol. The molecule has 3 nitrogen and oxygen atoms in total. The van der Waals surface area contributed by atoms with E-state index in [9.17, 15) is 9.90 Å². The molecule has 1 aromatic rings. The lowest BCUT2D eigenvalue weighted by Gasteiger charge is -2.28. The van der Waals surface area contributed by atoms with E-state index in [1.54, 1.807) is 7.05 Å². The van der Waals surface area contributed by atoms with Crippen molar-refractivity contribution in [1.29, 1.82) is 0 Å². The van der Waals surface area contributed by atoms with E-state index < -0.39 is 6.10 Å². The maximum Gasteiger partial charge on any atom is 0.219 e. The first-order valence-corrected chi connectivity index (χ1v) is 5.00. The van der Waals surface area contributed by atoms with Crippen LogP contribution >= 0.6 is 0 Å². The number of likely N-dealkylation sites (N-methyl/N-ethyl adjacent to an activating group) is 1. The SMILES string of the molecule is CC(=O)N(C)[C@@H](C)[C@@H](O)c1ccccc1. The molecule has 1 amide bonds. The van der Waals surface area contributed by atoms with Gasteiger partial charge in [-0.05, 0) is 12.5 Å². The number of hydrogen-bond acceptors (Lipinski definition) is 2. The van der Waals surface area contributed by atoms with Gasteiger partial charge in [0.1, 0.15) is 0 Å². The Kier molecular flexibility index (Phi) is 3.86. The van der Waals surface area contributed by atoms with Crippen molar-refractivity contribution in [3.05, 3.63) is 35.9 Å². The molecule has 1 N–H and O–H groups in total. The molecule has 0 saturated heterocycles. The standard InChI is InChI=1S/C12H17NO2/c1-9(13(3)10(2)14)12(15)11-7-5-4-6-8-11/h4-9,12,15H,1-3H3/t9-,12+/m0/s1. The van der Waals surface area contributed by atoms with Crippen molar-refractivity contribution in [2.75, 3.05) is 7.05 Å². The van der Waals surface area contributed by atoms with Gasteiger partial charge in [0, 0.05) is 14.0 Å². The Balaban J connectivity index is 2.77. The quantitative estimate of drug-likeness (QED) is 0.817. The Morgan fingerprint density at radius 1 is 1.33 bits per heavy atom. The number of carbonyl (C=O) groups excluding carboxylic acids is 1. The van der Waals surface area contributed by atoms with E-state index >= 15 is 0 Å². The van der Waals surface area contributed by atoms with Crippen LogP contribution in [0, 0.1) is 0 Å². The molecule has 0 unspecified atom stereocenters. The van der Waals surface area contributed by atoms with Crippen molar-refractivity contribution in [3.8, 4) is 0 Å². The van der Waals surface area contributed by atoms with Crippen molar-refractivity contribution >= 4 is 5.91 Å². The van der Waals surface area contributed by atoms with Crippen LogP contribution in [0.5, 0.6) is 0 Å². The second kappa shape index (κ2) is 4.94. The minimum absolute atomic E-state index is 0.0440. The summed E-state index contributed by atoms with van der Waals surface area (Å²) in [5.74, 6) is -0.0440. The van der Waals surface area contributed by atoms with Crippen LogP contribution in [0.25, 0.3) is 0 Å². The molecule has 0 bridgehead atoms. The predicted octanol–water partition coefficient (Wildman–Crippen LogP) is 1.59. The number of hydrogen-bond donors (Lipinski definition) is 1. The summed E-state index contributed by atoms with van der Waals surface area (Å²) in [6.45, 7) is 3.33. The average Bonchev–Trinajstić information content (AvgIpc) is 2.27. The van der Waals surface area contributed by atoms with Crippen molar-refractivity contribution in [2.45, 2.75) is 26.0 Å². The molecule has 0 heterocycles. The molecule has 2 atom stereocenters. The van der Waals surface area contributed by atoms with Gasteiger partial charge >= 0.3 is 0 Å². The lowest BCUT2D eigenvalue weighted by Crippen LogP contribution is -2.37. The van der Waals surface area contributed by atoms with E-state index in [0.29, 0.717) is 0 Å². The summed E-state index contributed by atoms with van der Waals surface area (Å²) in [5, 5.41) is 10.0. The van der Waals surface area contributed by atoms with Crippen LogP contribution in [0.3, 0.4) is 0 Å². The largest absolute Gasteiger partial charge is 0.386 e. The van der Waals surface area contributed by atoms with Crippen molar-refractivity contribution < 1.29 is 9.90 Å². The zero-order valence-corrected chi connectivity index (χ0v) is 9.34. The highest BCUT2D eigenvalue weighted by molar-refractivity contribution is 5.73. The molecule has 0 aliphatic carbocycles. The molecular weight excluding hydrogens is 190 g/mol. The van der Waals surface area contributed by atoms with Crippen molar-refractivity contribution in [3.63, 3.8) is 0 Å². The average molecular weight is 207 g/mol. The fraction of sp³-hybridized carbons (Fsp3) is 0.417. The van der Waals surface area contributed by atoms with E-state index in [2.05, 4.69) is 0 Å². The molecule has 0 aromatic heterocycles. The Labute approximate surface area is 90.3 Å². The van der Waals surface area contributed by atoms with Gasteiger partial charge in [0.15, 0.2) is 0 Å². The van der Waals surface area contributed by atoms with Crippen LogP contribution in [0.2, 0.25) is 0 Å². The van der Waals surface area contributed by atoms with Gasteiger partial charge in [-0.25, -0.2) is 0 Å². The number of benzene rings is 1. The zero-order chi connectivity index (χ0) is 11.4. The highest BCUT2D eigenvalue weighted by Crippen LogP contribution is 2.19. The normalized spacial score (nSPS) is 14.4. The number of aliphatic hydroxyl groups excluding tert-OH is 1. The second-order valence-corrected chi connectivity index (χ2v) is 3.73. The Morgan fingerprint density at radius 2 is 1.87 bits per heavy atom. The summed E-state index contributed by atoms with van der Waals surface area (Å²) in [6.07, 6.45) is -0.639. The van der Waals surface area contributed by atoms with Crippen LogP contribution in [0.4, 0.5) is 0 Å². The first-order valence-electron chi connectivity index (χ1n) is 5.00. The molecule has 82 valence electrons.